The molecule has 0 aliphatic rings. The van der Waals surface area contributed by atoms with E-state index in [0.29, 0.717) is 16.4 Å². The Morgan fingerprint density at radius 1 is 1.23 bits per heavy atom. The normalized spacial score (nSPS) is 12.0. The molecule has 2 aromatic carbocycles. The Kier molecular flexibility index (Phi) is 5.23. The standard InChI is InChI=1S/C19H18ClN3O3/c1-12(21-19(25)13-6-5-7-14(20)10-13)18-22-15-8-3-4-9-16(15)23(18)11-17(24)26-2/h3-10,12H,11H2,1-2H3,(H,21,25). The van der Waals surface area contributed by atoms with E-state index in [1.807, 2.05) is 31.2 Å². The Morgan fingerprint density at radius 3 is 2.73 bits per heavy atom. The predicted molar refractivity (Wildman–Crippen MR) is 99.1 cm³/mol. The lowest BCUT2D eigenvalue weighted by atomic mass is 10.2. The quantitative estimate of drug-likeness (QED) is 0.698. The molecule has 6 nitrogen and oxygen atoms in total. The van der Waals surface area contributed by atoms with E-state index in [9.17, 15) is 9.59 Å². The smallest absolute Gasteiger partial charge is 0.325 e. The van der Waals surface area contributed by atoms with Gasteiger partial charge in [0, 0.05) is 10.6 Å². The van der Waals surface area contributed by atoms with E-state index in [1.54, 1.807) is 28.8 Å². The molecule has 0 aliphatic carbocycles. The van der Waals surface area contributed by atoms with Gasteiger partial charge in [-0.2, -0.15) is 0 Å². The van der Waals surface area contributed by atoms with Gasteiger partial charge in [-0.3, -0.25) is 9.59 Å². The molecular weight excluding hydrogens is 354 g/mol. The number of methoxy groups -OCH3 is 1. The van der Waals surface area contributed by atoms with Crippen LogP contribution in [0.1, 0.15) is 29.1 Å². The Balaban J connectivity index is 1.92. The lowest BCUT2D eigenvalue weighted by molar-refractivity contribution is -0.141. The molecule has 0 fully saturated rings. The molecule has 0 saturated heterocycles. The van der Waals surface area contributed by atoms with Crippen molar-refractivity contribution < 1.29 is 14.3 Å². The van der Waals surface area contributed by atoms with Gasteiger partial charge in [-0.25, -0.2) is 4.98 Å². The van der Waals surface area contributed by atoms with Crippen molar-refractivity contribution in [2.24, 2.45) is 0 Å². The molecule has 1 amide bonds. The summed E-state index contributed by atoms with van der Waals surface area (Å²) >= 11 is 5.95. The number of hydrogen-bond donors (Lipinski definition) is 1. The van der Waals surface area contributed by atoms with E-state index < -0.39 is 6.04 Å². The van der Waals surface area contributed by atoms with Crippen molar-refractivity contribution >= 4 is 34.5 Å². The first-order valence-electron chi connectivity index (χ1n) is 8.08. The molecule has 1 atom stereocenters. The van der Waals surface area contributed by atoms with Gasteiger partial charge in [0.15, 0.2) is 0 Å². The summed E-state index contributed by atoms with van der Waals surface area (Å²) < 4.78 is 6.54. The van der Waals surface area contributed by atoms with Crippen molar-refractivity contribution in [3.8, 4) is 0 Å². The second-order valence-corrected chi connectivity index (χ2v) is 6.26. The number of ether oxygens (including phenoxy) is 1. The summed E-state index contributed by atoms with van der Waals surface area (Å²) in [6.07, 6.45) is 0. The summed E-state index contributed by atoms with van der Waals surface area (Å²) in [5.41, 5.74) is 2.01. The number of rotatable bonds is 5. The van der Waals surface area contributed by atoms with Crippen molar-refractivity contribution in [1.29, 1.82) is 0 Å². The van der Waals surface area contributed by atoms with E-state index >= 15 is 0 Å². The molecule has 0 saturated carbocycles. The SMILES string of the molecule is COC(=O)Cn1c(C(C)NC(=O)c2cccc(Cl)c2)nc2ccccc21. The maximum absolute atomic E-state index is 12.5. The summed E-state index contributed by atoms with van der Waals surface area (Å²) in [6, 6.07) is 13.8. The number of hydrogen-bond acceptors (Lipinski definition) is 4. The number of imidazole rings is 1. The number of aromatic nitrogens is 2. The Hall–Kier alpha value is -2.86. The van der Waals surface area contributed by atoms with Crippen LogP contribution in [0, 0.1) is 0 Å². The van der Waals surface area contributed by atoms with Crippen LogP contribution in [0.4, 0.5) is 0 Å². The van der Waals surface area contributed by atoms with Crippen LogP contribution >= 0.6 is 11.6 Å². The zero-order valence-corrected chi connectivity index (χ0v) is 15.2. The molecule has 1 aromatic heterocycles. The minimum Gasteiger partial charge on any atom is -0.468 e. The first kappa shape index (κ1) is 17.9. The van der Waals surface area contributed by atoms with Crippen LogP contribution in [0.15, 0.2) is 48.5 Å². The largest absolute Gasteiger partial charge is 0.468 e. The molecule has 134 valence electrons. The van der Waals surface area contributed by atoms with Crippen molar-refractivity contribution in [1.82, 2.24) is 14.9 Å². The molecule has 3 aromatic rings. The predicted octanol–water partition coefficient (Wildman–Crippen LogP) is 3.35. The summed E-state index contributed by atoms with van der Waals surface area (Å²) in [5, 5.41) is 3.39. The highest BCUT2D eigenvalue weighted by atomic mass is 35.5. The van der Waals surface area contributed by atoms with Gasteiger partial charge in [0.05, 0.1) is 24.2 Å². The maximum Gasteiger partial charge on any atom is 0.325 e. The van der Waals surface area contributed by atoms with Crippen molar-refractivity contribution in [3.05, 3.63) is 64.9 Å². The second-order valence-electron chi connectivity index (χ2n) is 5.83. The first-order chi connectivity index (χ1) is 12.5. The molecular formula is C19H18ClN3O3. The van der Waals surface area contributed by atoms with E-state index in [-0.39, 0.29) is 18.4 Å². The average molecular weight is 372 g/mol. The highest BCUT2D eigenvalue weighted by molar-refractivity contribution is 6.30. The Morgan fingerprint density at radius 2 is 2.00 bits per heavy atom. The summed E-state index contributed by atoms with van der Waals surface area (Å²) in [4.78, 5) is 28.9. The second kappa shape index (κ2) is 7.58. The van der Waals surface area contributed by atoms with Gasteiger partial charge < -0.3 is 14.6 Å². The number of nitrogens with zero attached hydrogens (tertiary/aromatic N) is 2. The number of halogens is 1. The third-order valence-corrected chi connectivity index (χ3v) is 4.26. The number of esters is 1. The van der Waals surface area contributed by atoms with Crippen LogP contribution in [-0.4, -0.2) is 28.5 Å². The highest BCUT2D eigenvalue weighted by Crippen LogP contribution is 2.21. The fraction of sp³-hybridized carbons (Fsp3) is 0.211. The molecule has 1 N–H and O–H groups in total. The highest BCUT2D eigenvalue weighted by Gasteiger charge is 2.20. The van der Waals surface area contributed by atoms with E-state index in [1.165, 1.54) is 7.11 Å². The van der Waals surface area contributed by atoms with Gasteiger partial charge in [0.1, 0.15) is 12.4 Å². The van der Waals surface area contributed by atoms with Crippen LogP contribution in [0.3, 0.4) is 0 Å². The Labute approximate surface area is 155 Å². The molecule has 0 spiro atoms. The van der Waals surface area contributed by atoms with Crippen LogP contribution < -0.4 is 5.32 Å². The zero-order chi connectivity index (χ0) is 18.7. The van der Waals surface area contributed by atoms with Gasteiger partial charge in [-0.1, -0.05) is 29.8 Å². The minimum atomic E-state index is -0.418. The van der Waals surface area contributed by atoms with Gasteiger partial charge in [0.2, 0.25) is 0 Å². The third kappa shape index (κ3) is 3.70. The fourth-order valence-corrected chi connectivity index (χ4v) is 2.95. The van der Waals surface area contributed by atoms with Crippen LogP contribution in [0.25, 0.3) is 11.0 Å². The lowest BCUT2D eigenvalue weighted by Gasteiger charge is -2.16. The lowest BCUT2D eigenvalue weighted by Crippen LogP contribution is -2.29. The van der Waals surface area contributed by atoms with Crippen LogP contribution in [-0.2, 0) is 16.1 Å². The molecule has 1 heterocycles. The Bertz CT molecular complexity index is 968. The number of benzene rings is 2. The fourth-order valence-electron chi connectivity index (χ4n) is 2.76. The third-order valence-electron chi connectivity index (χ3n) is 4.02. The van der Waals surface area contributed by atoms with Crippen molar-refractivity contribution in [2.75, 3.05) is 7.11 Å². The van der Waals surface area contributed by atoms with Crippen LogP contribution in [0.5, 0.6) is 0 Å². The van der Waals surface area contributed by atoms with Gasteiger partial charge in [0.25, 0.3) is 5.91 Å². The molecule has 0 aliphatic heterocycles. The number of amides is 1. The van der Waals surface area contributed by atoms with E-state index in [2.05, 4.69) is 10.3 Å². The monoisotopic (exact) mass is 371 g/mol. The van der Waals surface area contributed by atoms with Crippen LogP contribution in [0.2, 0.25) is 5.02 Å². The van der Waals surface area contributed by atoms with Crippen molar-refractivity contribution in [3.63, 3.8) is 0 Å². The summed E-state index contributed by atoms with van der Waals surface area (Å²) in [5.74, 6) is -0.0774. The number of para-hydroxylation sites is 2. The van der Waals surface area contributed by atoms with Gasteiger partial charge >= 0.3 is 5.97 Å². The zero-order valence-electron chi connectivity index (χ0n) is 14.4. The van der Waals surface area contributed by atoms with E-state index in [0.717, 1.165) is 11.0 Å². The van der Waals surface area contributed by atoms with Gasteiger partial charge in [-0.15, -0.1) is 0 Å². The maximum atomic E-state index is 12.5. The molecule has 0 radical (unpaired) electrons. The van der Waals surface area contributed by atoms with Crippen molar-refractivity contribution in [2.45, 2.75) is 19.5 Å². The molecule has 26 heavy (non-hydrogen) atoms. The molecule has 7 heteroatoms. The summed E-state index contributed by atoms with van der Waals surface area (Å²) in [7, 11) is 1.34. The molecule has 1 unspecified atom stereocenters. The molecule has 3 rings (SSSR count). The van der Waals surface area contributed by atoms with Gasteiger partial charge in [-0.05, 0) is 37.3 Å². The molecule has 0 bridgehead atoms. The number of carbonyl (C=O) groups is 2. The topological polar surface area (TPSA) is 73.2 Å². The number of nitrogens with one attached hydrogen (secondary N) is 1. The number of carbonyl (C=O) groups excluding carboxylic acids is 2. The number of fused-ring (bicyclic) bond motifs is 1. The average Bonchev–Trinajstić information content (AvgIpc) is 3.00. The first-order valence-corrected chi connectivity index (χ1v) is 8.46. The summed E-state index contributed by atoms with van der Waals surface area (Å²) in [6.45, 7) is 1.83. The minimum absolute atomic E-state index is 0.0176. The van der Waals surface area contributed by atoms with E-state index in [4.69, 9.17) is 16.3 Å².